The van der Waals surface area contributed by atoms with E-state index in [2.05, 4.69) is 20.5 Å². The lowest BCUT2D eigenvalue weighted by molar-refractivity contribution is -0.110. The van der Waals surface area contributed by atoms with Crippen LogP contribution in [0.2, 0.25) is 0 Å². The number of hydrogen-bond donors (Lipinski definition) is 1. The Kier molecular flexibility index (Phi) is 3.70. The van der Waals surface area contributed by atoms with Crippen LogP contribution in [-0.2, 0) is 4.79 Å². The first-order valence-corrected chi connectivity index (χ1v) is 7.74. The fourth-order valence-electron chi connectivity index (χ4n) is 2.65. The van der Waals surface area contributed by atoms with Crippen molar-refractivity contribution in [2.45, 2.75) is 6.92 Å². The summed E-state index contributed by atoms with van der Waals surface area (Å²) in [6.07, 6.45) is 4.95. The zero-order valence-corrected chi connectivity index (χ0v) is 13.4. The molecule has 1 N–H and O–H groups in total. The molecule has 0 bridgehead atoms. The molecule has 122 valence electrons. The number of amides is 1. The molecule has 3 heterocycles. The zero-order chi connectivity index (χ0) is 17.2. The summed E-state index contributed by atoms with van der Waals surface area (Å²) in [7, 11) is 0. The van der Waals surface area contributed by atoms with Crippen LogP contribution in [0.4, 0.5) is 5.69 Å². The molecule has 0 saturated heterocycles. The van der Waals surface area contributed by atoms with E-state index in [1.807, 2.05) is 43.3 Å². The lowest BCUT2D eigenvalue weighted by Crippen LogP contribution is -2.13. The first-order chi connectivity index (χ1) is 12.2. The van der Waals surface area contributed by atoms with E-state index < -0.39 is 0 Å². The number of aromatic nitrogens is 1. The molecule has 1 amide bonds. The van der Waals surface area contributed by atoms with Gasteiger partial charge in [0.1, 0.15) is 11.5 Å². The molecule has 1 aromatic carbocycles. The first-order valence-electron chi connectivity index (χ1n) is 7.74. The van der Waals surface area contributed by atoms with E-state index in [0.29, 0.717) is 5.76 Å². The summed E-state index contributed by atoms with van der Waals surface area (Å²) in [5.74, 6) is 1.12. The Labute approximate surface area is 143 Å². The third kappa shape index (κ3) is 2.97. The van der Waals surface area contributed by atoms with Crippen LogP contribution in [0.1, 0.15) is 17.1 Å². The van der Waals surface area contributed by atoms with Gasteiger partial charge in [0.15, 0.2) is 5.71 Å². The fourth-order valence-corrected chi connectivity index (χ4v) is 2.65. The topological polar surface area (TPSA) is 79.9 Å². The lowest BCUT2D eigenvalue weighted by Gasteiger charge is -2.03. The van der Waals surface area contributed by atoms with Crippen molar-refractivity contribution < 1.29 is 9.21 Å². The normalized spacial score (nSPS) is 14.9. The Hall–Kier alpha value is -3.54. The molecular weight excluding hydrogens is 316 g/mol. The highest BCUT2D eigenvalue weighted by Gasteiger charge is 2.26. The van der Waals surface area contributed by atoms with E-state index in [1.165, 1.54) is 6.21 Å². The molecule has 0 radical (unpaired) electrons. The van der Waals surface area contributed by atoms with Crippen LogP contribution >= 0.6 is 0 Å². The number of carbonyl (C=O) groups is 1. The summed E-state index contributed by atoms with van der Waals surface area (Å²) in [5.41, 5.74) is 3.77. The molecule has 3 aromatic rings. The second-order valence-electron chi connectivity index (χ2n) is 5.59. The number of benzene rings is 1. The maximum atomic E-state index is 12.2. The van der Waals surface area contributed by atoms with E-state index in [1.54, 1.807) is 18.5 Å². The van der Waals surface area contributed by atoms with Gasteiger partial charge in [0, 0.05) is 18.0 Å². The van der Waals surface area contributed by atoms with Crippen molar-refractivity contribution in [3.8, 4) is 11.1 Å². The minimum Gasteiger partial charge on any atom is -0.460 e. The average molecular weight is 330 g/mol. The van der Waals surface area contributed by atoms with Crippen molar-refractivity contribution in [2.75, 3.05) is 5.32 Å². The third-order valence-electron chi connectivity index (χ3n) is 3.86. The van der Waals surface area contributed by atoms with Crippen molar-refractivity contribution in [1.29, 1.82) is 0 Å². The Morgan fingerprint density at radius 3 is 2.68 bits per heavy atom. The molecule has 2 aromatic heterocycles. The van der Waals surface area contributed by atoms with Gasteiger partial charge in [-0.05, 0) is 54.4 Å². The molecule has 6 nitrogen and oxygen atoms in total. The van der Waals surface area contributed by atoms with Crippen molar-refractivity contribution in [3.05, 3.63) is 71.9 Å². The van der Waals surface area contributed by atoms with Gasteiger partial charge in [0.05, 0.1) is 11.9 Å². The number of aryl methyl sites for hydroxylation is 1. The van der Waals surface area contributed by atoms with Gasteiger partial charge in [0.2, 0.25) is 0 Å². The van der Waals surface area contributed by atoms with Crippen LogP contribution in [0, 0.1) is 6.92 Å². The Balaban J connectivity index is 1.64. The van der Waals surface area contributed by atoms with E-state index >= 15 is 0 Å². The monoisotopic (exact) mass is 330 g/mol. The molecular formula is C19H14N4O2. The summed E-state index contributed by atoms with van der Waals surface area (Å²) in [5, 5.41) is 10.9. The Morgan fingerprint density at radius 1 is 1.08 bits per heavy atom. The van der Waals surface area contributed by atoms with Crippen molar-refractivity contribution in [1.82, 2.24) is 4.98 Å². The van der Waals surface area contributed by atoms with Crippen LogP contribution in [0.25, 0.3) is 11.1 Å². The summed E-state index contributed by atoms with van der Waals surface area (Å²) in [6.45, 7) is 1.85. The fraction of sp³-hybridized carbons (Fsp3) is 0.0526. The van der Waals surface area contributed by atoms with Crippen molar-refractivity contribution in [2.24, 2.45) is 10.2 Å². The number of hydrogen-bond acceptors (Lipinski definition) is 5. The molecule has 25 heavy (non-hydrogen) atoms. The molecule has 0 fully saturated rings. The first kappa shape index (κ1) is 15.0. The lowest BCUT2D eigenvalue weighted by atomic mass is 10.0. The van der Waals surface area contributed by atoms with Crippen LogP contribution in [0.3, 0.4) is 0 Å². The van der Waals surface area contributed by atoms with Gasteiger partial charge in [0.25, 0.3) is 5.91 Å². The van der Waals surface area contributed by atoms with Crippen LogP contribution in [0.15, 0.2) is 69.5 Å². The summed E-state index contributed by atoms with van der Waals surface area (Å²) in [4.78, 5) is 16.2. The smallest absolute Gasteiger partial charge is 0.276 e. The standard InChI is InChI=1S/C19H14N4O2/c1-12-2-4-15(25-12)11-21-23-18-16-5-3-14(10-17(16)22-19(18)24)13-6-8-20-9-7-13/h2-11H,1H3,(H,22,23,24). The Bertz CT molecular complexity index is 1000. The molecule has 1 aliphatic rings. The molecule has 0 spiro atoms. The average Bonchev–Trinajstić information content (AvgIpc) is 3.18. The van der Waals surface area contributed by atoms with Gasteiger partial charge in [-0.3, -0.25) is 9.78 Å². The molecule has 0 aliphatic carbocycles. The molecule has 0 saturated carbocycles. The van der Waals surface area contributed by atoms with Gasteiger partial charge in [-0.15, -0.1) is 5.10 Å². The number of anilines is 1. The molecule has 4 rings (SSSR count). The SMILES string of the molecule is Cc1ccc(C=N/N=C2\C(=O)Nc3cc(-c4ccncc4)ccc32)o1. The highest BCUT2D eigenvalue weighted by atomic mass is 16.3. The minimum absolute atomic E-state index is 0.269. The number of nitrogens with zero attached hydrogens (tertiary/aromatic N) is 3. The van der Waals surface area contributed by atoms with Crippen molar-refractivity contribution in [3.63, 3.8) is 0 Å². The van der Waals surface area contributed by atoms with Crippen LogP contribution in [0.5, 0.6) is 0 Å². The number of fused-ring (bicyclic) bond motifs is 1. The number of carbonyl (C=O) groups excluding carboxylic acids is 1. The maximum absolute atomic E-state index is 12.2. The molecule has 1 aliphatic heterocycles. The Morgan fingerprint density at radius 2 is 1.92 bits per heavy atom. The second-order valence-corrected chi connectivity index (χ2v) is 5.59. The van der Waals surface area contributed by atoms with Gasteiger partial charge >= 0.3 is 0 Å². The third-order valence-corrected chi connectivity index (χ3v) is 3.86. The predicted molar refractivity (Wildman–Crippen MR) is 95.9 cm³/mol. The number of nitrogens with one attached hydrogen (secondary N) is 1. The number of rotatable bonds is 3. The molecule has 0 unspecified atom stereocenters. The highest BCUT2D eigenvalue weighted by Crippen LogP contribution is 2.29. The summed E-state index contributed by atoms with van der Waals surface area (Å²) >= 11 is 0. The summed E-state index contributed by atoms with van der Waals surface area (Å²) < 4.78 is 5.39. The van der Waals surface area contributed by atoms with E-state index in [0.717, 1.165) is 28.1 Å². The summed E-state index contributed by atoms with van der Waals surface area (Å²) in [6, 6.07) is 13.2. The quantitative estimate of drug-likeness (QED) is 0.590. The second kappa shape index (κ2) is 6.16. The van der Waals surface area contributed by atoms with Gasteiger partial charge in [-0.1, -0.05) is 6.07 Å². The van der Waals surface area contributed by atoms with Crippen LogP contribution in [-0.4, -0.2) is 22.8 Å². The largest absolute Gasteiger partial charge is 0.460 e. The van der Waals surface area contributed by atoms with E-state index in [9.17, 15) is 4.79 Å². The highest BCUT2D eigenvalue weighted by molar-refractivity contribution is 6.53. The van der Waals surface area contributed by atoms with Crippen molar-refractivity contribution >= 4 is 23.5 Å². The maximum Gasteiger partial charge on any atom is 0.276 e. The predicted octanol–water partition coefficient (Wildman–Crippen LogP) is 3.43. The van der Waals surface area contributed by atoms with Gasteiger partial charge in [-0.25, -0.2) is 0 Å². The van der Waals surface area contributed by atoms with E-state index in [4.69, 9.17) is 4.42 Å². The number of pyridine rings is 1. The van der Waals surface area contributed by atoms with Gasteiger partial charge < -0.3 is 9.73 Å². The number of furan rings is 1. The zero-order valence-electron chi connectivity index (χ0n) is 13.4. The molecule has 0 atom stereocenters. The van der Waals surface area contributed by atoms with Crippen LogP contribution < -0.4 is 5.32 Å². The molecule has 6 heteroatoms. The van der Waals surface area contributed by atoms with E-state index in [-0.39, 0.29) is 11.6 Å². The van der Waals surface area contributed by atoms with Gasteiger partial charge in [-0.2, -0.15) is 5.10 Å². The minimum atomic E-state index is -0.269.